The summed E-state index contributed by atoms with van der Waals surface area (Å²) in [6, 6.07) is 9.55. The van der Waals surface area contributed by atoms with Gasteiger partial charge in [-0.05, 0) is 71.5 Å². The molecule has 0 aliphatic heterocycles. The van der Waals surface area contributed by atoms with Crippen LogP contribution in [0.1, 0.15) is 26.3 Å². The van der Waals surface area contributed by atoms with E-state index in [4.69, 9.17) is 37.3 Å². The van der Waals surface area contributed by atoms with Crippen molar-refractivity contribution in [3.05, 3.63) is 52.7 Å². The van der Waals surface area contributed by atoms with Crippen LogP contribution in [-0.2, 0) is 22.3 Å². The molecule has 3 heterocycles. The van der Waals surface area contributed by atoms with Crippen molar-refractivity contribution < 1.29 is 9.16 Å². The molecule has 210 valence electrons. The SMILES string of the molecule is CC(C)(C)[Si](C)(C)OCCc1cnc2ccc(-c3cn(COCC[Si](C)(C)C)c4nc(Cl)nc(Cl)c34)cc2c1. The Balaban J connectivity index is 1.62. The first-order valence-corrected chi connectivity index (χ1v) is 20.8. The Kier molecular flexibility index (Phi) is 8.95. The molecule has 0 aliphatic rings. The van der Waals surface area contributed by atoms with Crippen molar-refractivity contribution in [3.63, 3.8) is 0 Å². The number of ether oxygens (including phenoxy) is 1. The van der Waals surface area contributed by atoms with Gasteiger partial charge in [-0.25, -0.2) is 4.98 Å². The average molecular weight is 604 g/mol. The third-order valence-electron chi connectivity index (χ3n) is 7.58. The van der Waals surface area contributed by atoms with Crippen LogP contribution in [0.4, 0.5) is 0 Å². The van der Waals surface area contributed by atoms with E-state index >= 15 is 0 Å². The van der Waals surface area contributed by atoms with Gasteiger partial charge in [-0.15, -0.1) is 0 Å². The van der Waals surface area contributed by atoms with Gasteiger partial charge < -0.3 is 13.7 Å². The molecular weight excluding hydrogens is 563 g/mol. The maximum absolute atomic E-state index is 6.61. The highest BCUT2D eigenvalue weighted by molar-refractivity contribution is 6.76. The molecule has 39 heavy (non-hydrogen) atoms. The lowest BCUT2D eigenvalue weighted by Gasteiger charge is -2.36. The standard InChI is InChI=1S/C29H40Cl2N4O2Si2/c1-29(2,3)39(7,8)37-12-11-20-15-22-16-21(9-10-24(22)32-17-20)23-18-35(19-36-13-14-38(4,5)6)27-25(23)26(30)33-28(31)34-27/h9-10,15-18H,11-14,19H2,1-8H3. The Morgan fingerprint density at radius 1 is 0.974 bits per heavy atom. The lowest BCUT2D eigenvalue weighted by Crippen LogP contribution is -2.41. The lowest BCUT2D eigenvalue weighted by atomic mass is 10.0. The van der Waals surface area contributed by atoms with E-state index in [1.807, 2.05) is 23.0 Å². The minimum atomic E-state index is -1.79. The third-order valence-corrected chi connectivity index (χ3v) is 14.3. The molecule has 0 amide bonds. The summed E-state index contributed by atoms with van der Waals surface area (Å²) in [4.78, 5) is 13.4. The van der Waals surface area contributed by atoms with Gasteiger partial charge in [-0.1, -0.05) is 58.1 Å². The highest BCUT2D eigenvalue weighted by Gasteiger charge is 2.36. The van der Waals surface area contributed by atoms with Crippen LogP contribution in [0, 0.1) is 0 Å². The molecule has 0 saturated heterocycles. The summed E-state index contributed by atoms with van der Waals surface area (Å²) in [5.41, 5.74) is 4.71. The molecule has 10 heteroatoms. The molecule has 0 saturated carbocycles. The highest BCUT2D eigenvalue weighted by Crippen LogP contribution is 2.37. The Bertz CT molecular complexity index is 1480. The summed E-state index contributed by atoms with van der Waals surface area (Å²) in [5, 5.41) is 2.47. The number of pyridine rings is 1. The van der Waals surface area contributed by atoms with Crippen LogP contribution in [0.25, 0.3) is 33.1 Å². The van der Waals surface area contributed by atoms with Gasteiger partial charge in [0, 0.05) is 44.6 Å². The first-order valence-electron chi connectivity index (χ1n) is 13.5. The lowest BCUT2D eigenvalue weighted by molar-refractivity contribution is 0.0899. The number of fused-ring (bicyclic) bond motifs is 2. The number of halogens is 2. The fourth-order valence-corrected chi connectivity index (χ4v) is 6.38. The molecule has 4 rings (SSSR count). The minimum absolute atomic E-state index is 0.118. The Morgan fingerprint density at radius 3 is 2.41 bits per heavy atom. The number of aromatic nitrogens is 4. The molecule has 0 spiro atoms. The van der Waals surface area contributed by atoms with Gasteiger partial charge in [0.05, 0.1) is 10.9 Å². The number of nitrogens with zero attached hydrogens (tertiary/aromatic N) is 4. The normalized spacial score (nSPS) is 13.1. The van der Waals surface area contributed by atoms with Crippen LogP contribution in [0.15, 0.2) is 36.7 Å². The van der Waals surface area contributed by atoms with Crippen LogP contribution in [-0.4, -0.2) is 49.1 Å². The number of hydrogen-bond acceptors (Lipinski definition) is 5. The zero-order chi connectivity index (χ0) is 28.6. The van der Waals surface area contributed by atoms with E-state index in [-0.39, 0.29) is 10.3 Å². The maximum Gasteiger partial charge on any atom is 0.225 e. The van der Waals surface area contributed by atoms with Crippen LogP contribution in [0.2, 0.25) is 54.3 Å². The first kappa shape index (κ1) is 30.1. The van der Waals surface area contributed by atoms with Gasteiger partial charge in [-0.3, -0.25) is 4.98 Å². The predicted molar refractivity (Wildman–Crippen MR) is 169 cm³/mol. The van der Waals surface area contributed by atoms with Crippen molar-refractivity contribution in [2.45, 2.75) is 77.7 Å². The second-order valence-electron chi connectivity index (χ2n) is 13.0. The molecule has 1 aromatic carbocycles. The molecule has 0 unspecified atom stereocenters. The molecule has 0 fully saturated rings. The van der Waals surface area contributed by atoms with Gasteiger partial charge in [0.1, 0.15) is 17.5 Å². The predicted octanol–water partition coefficient (Wildman–Crippen LogP) is 8.83. The zero-order valence-corrected chi connectivity index (χ0v) is 27.9. The summed E-state index contributed by atoms with van der Waals surface area (Å²) in [7, 11) is -2.97. The van der Waals surface area contributed by atoms with E-state index in [1.54, 1.807) is 0 Å². The quantitative estimate of drug-likeness (QED) is 0.0784. The molecule has 6 nitrogen and oxygen atoms in total. The highest BCUT2D eigenvalue weighted by atomic mass is 35.5. The van der Waals surface area contributed by atoms with Crippen molar-refractivity contribution in [1.82, 2.24) is 19.5 Å². The van der Waals surface area contributed by atoms with Gasteiger partial charge >= 0.3 is 0 Å². The Labute approximate surface area is 244 Å². The van der Waals surface area contributed by atoms with Gasteiger partial charge in [0.25, 0.3) is 0 Å². The molecular formula is C29H40Cl2N4O2Si2. The summed E-state index contributed by atoms with van der Waals surface area (Å²) in [6.45, 7) is 20.2. The van der Waals surface area contributed by atoms with E-state index in [2.05, 4.69) is 81.7 Å². The largest absolute Gasteiger partial charge is 0.416 e. The number of rotatable bonds is 10. The number of hydrogen-bond donors (Lipinski definition) is 0. The van der Waals surface area contributed by atoms with Crippen LogP contribution in [0.3, 0.4) is 0 Å². The van der Waals surface area contributed by atoms with Crippen molar-refractivity contribution in [2.24, 2.45) is 0 Å². The van der Waals surface area contributed by atoms with Gasteiger partial charge in [-0.2, -0.15) is 4.98 Å². The van der Waals surface area contributed by atoms with E-state index < -0.39 is 16.4 Å². The minimum Gasteiger partial charge on any atom is -0.416 e. The molecule has 0 radical (unpaired) electrons. The van der Waals surface area contributed by atoms with Crippen LogP contribution in [0.5, 0.6) is 0 Å². The summed E-state index contributed by atoms with van der Waals surface area (Å²) in [6.07, 6.45) is 4.81. The molecule has 4 aromatic rings. The second-order valence-corrected chi connectivity index (χ2v) is 24.1. The van der Waals surface area contributed by atoms with Crippen molar-refractivity contribution in [3.8, 4) is 11.1 Å². The summed E-state index contributed by atoms with van der Waals surface area (Å²) < 4.78 is 14.4. The molecule has 0 bridgehead atoms. The Morgan fingerprint density at radius 2 is 1.72 bits per heavy atom. The first-order chi connectivity index (χ1) is 18.1. The maximum atomic E-state index is 6.61. The molecule has 0 N–H and O–H groups in total. The average Bonchev–Trinajstić information content (AvgIpc) is 3.18. The zero-order valence-electron chi connectivity index (χ0n) is 24.4. The van der Waals surface area contributed by atoms with Crippen molar-refractivity contribution in [1.29, 1.82) is 0 Å². The molecule has 0 atom stereocenters. The van der Waals surface area contributed by atoms with Crippen molar-refractivity contribution >= 4 is 61.5 Å². The monoisotopic (exact) mass is 602 g/mol. The smallest absolute Gasteiger partial charge is 0.225 e. The van der Waals surface area contributed by atoms with Crippen LogP contribution >= 0.6 is 23.2 Å². The van der Waals surface area contributed by atoms with E-state index in [9.17, 15) is 0 Å². The Hall–Kier alpha value is -1.82. The second kappa shape index (κ2) is 11.6. The summed E-state index contributed by atoms with van der Waals surface area (Å²) in [5.74, 6) is 0. The molecule has 0 aliphatic carbocycles. The van der Waals surface area contributed by atoms with Gasteiger partial charge in [0.15, 0.2) is 8.32 Å². The number of benzene rings is 1. The van der Waals surface area contributed by atoms with E-state index in [1.165, 1.54) is 0 Å². The fourth-order valence-electron chi connectivity index (χ4n) is 4.10. The third kappa shape index (κ3) is 7.28. The fraction of sp³-hybridized carbons (Fsp3) is 0.483. The topological polar surface area (TPSA) is 62.1 Å². The van der Waals surface area contributed by atoms with Crippen LogP contribution < -0.4 is 0 Å². The van der Waals surface area contributed by atoms with E-state index in [0.29, 0.717) is 30.7 Å². The van der Waals surface area contributed by atoms with Gasteiger partial charge in [0.2, 0.25) is 5.28 Å². The summed E-state index contributed by atoms with van der Waals surface area (Å²) >= 11 is 12.8. The molecule has 3 aromatic heterocycles. The van der Waals surface area contributed by atoms with Crippen molar-refractivity contribution in [2.75, 3.05) is 13.2 Å². The van der Waals surface area contributed by atoms with E-state index in [0.717, 1.165) is 45.4 Å².